The summed E-state index contributed by atoms with van der Waals surface area (Å²) in [7, 11) is 0. The minimum Gasteiger partial charge on any atom is -0.323 e. The molecule has 1 heterocycles. The molecule has 0 unspecified atom stereocenters. The second-order valence-corrected chi connectivity index (χ2v) is 5.04. The number of amides is 1. The van der Waals surface area contributed by atoms with E-state index in [0.717, 1.165) is 0 Å². The second-order valence-electron chi connectivity index (χ2n) is 5.04. The summed E-state index contributed by atoms with van der Waals surface area (Å²) in [6, 6.07) is 14.5. The van der Waals surface area contributed by atoms with Gasteiger partial charge < -0.3 is 10.6 Å². The largest absolute Gasteiger partial charge is 0.323 e. The van der Waals surface area contributed by atoms with Crippen molar-refractivity contribution in [3.05, 3.63) is 77.9 Å². The second kappa shape index (κ2) is 7.19. The van der Waals surface area contributed by atoms with Crippen LogP contribution in [0.5, 0.6) is 0 Å². The molecule has 25 heavy (non-hydrogen) atoms. The standard InChI is InChI=1S/C18H12FN5O/c19-14-5-7-15(8-6-14)23-17(25)13-10-21-18(22-11-13)24-16-4-2-1-3-12(16)9-20/h1-8,10-11H,(H,23,25)(H,21,22,24). The summed E-state index contributed by atoms with van der Waals surface area (Å²) >= 11 is 0. The van der Waals surface area contributed by atoms with Crippen molar-refractivity contribution in [3.8, 4) is 6.07 Å². The summed E-state index contributed by atoms with van der Waals surface area (Å²) in [5.74, 6) is -0.522. The van der Waals surface area contributed by atoms with E-state index in [9.17, 15) is 9.18 Å². The van der Waals surface area contributed by atoms with Crippen LogP contribution in [0.25, 0.3) is 0 Å². The number of aromatic nitrogens is 2. The molecular formula is C18H12FN5O. The SMILES string of the molecule is N#Cc1ccccc1Nc1ncc(C(=O)Nc2ccc(F)cc2)cn1. The number of carbonyl (C=O) groups is 1. The Balaban J connectivity index is 1.70. The van der Waals surface area contributed by atoms with Gasteiger partial charge in [0.05, 0.1) is 16.8 Å². The number of para-hydroxylation sites is 1. The molecule has 0 aliphatic rings. The molecule has 0 bridgehead atoms. The molecule has 122 valence electrons. The van der Waals surface area contributed by atoms with Gasteiger partial charge in [-0.15, -0.1) is 0 Å². The monoisotopic (exact) mass is 333 g/mol. The van der Waals surface area contributed by atoms with Crippen molar-refractivity contribution < 1.29 is 9.18 Å². The minimum absolute atomic E-state index is 0.253. The molecule has 1 aromatic heterocycles. The zero-order valence-corrected chi connectivity index (χ0v) is 12.9. The van der Waals surface area contributed by atoms with Crippen LogP contribution in [0.3, 0.4) is 0 Å². The Hall–Kier alpha value is -3.79. The van der Waals surface area contributed by atoms with Crippen LogP contribution in [0.4, 0.5) is 21.7 Å². The van der Waals surface area contributed by atoms with Crippen molar-refractivity contribution in [1.29, 1.82) is 5.26 Å². The third-order valence-electron chi connectivity index (χ3n) is 3.31. The van der Waals surface area contributed by atoms with E-state index in [1.807, 2.05) is 0 Å². The van der Waals surface area contributed by atoms with Crippen LogP contribution in [0, 0.1) is 17.1 Å². The molecule has 0 radical (unpaired) electrons. The zero-order chi connectivity index (χ0) is 17.6. The molecule has 0 aliphatic heterocycles. The van der Waals surface area contributed by atoms with Crippen LogP contribution in [-0.2, 0) is 0 Å². The fourth-order valence-corrected chi connectivity index (χ4v) is 2.06. The molecule has 6 nitrogen and oxygen atoms in total. The molecule has 0 spiro atoms. The van der Waals surface area contributed by atoms with Crippen molar-refractivity contribution in [1.82, 2.24) is 9.97 Å². The van der Waals surface area contributed by atoms with Crippen LogP contribution >= 0.6 is 0 Å². The molecule has 3 rings (SSSR count). The lowest BCUT2D eigenvalue weighted by molar-refractivity contribution is 0.102. The minimum atomic E-state index is -0.407. The van der Waals surface area contributed by atoms with Crippen LogP contribution in [0.15, 0.2) is 60.9 Å². The lowest BCUT2D eigenvalue weighted by Gasteiger charge is -2.07. The fourth-order valence-electron chi connectivity index (χ4n) is 2.06. The first-order chi connectivity index (χ1) is 12.2. The highest BCUT2D eigenvalue weighted by Gasteiger charge is 2.09. The van der Waals surface area contributed by atoms with Crippen molar-refractivity contribution in [2.24, 2.45) is 0 Å². The number of carbonyl (C=O) groups excluding carboxylic acids is 1. The topological polar surface area (TPSA) is 90.7 Å². The average Bonchev–Trinajstić information content (AvgIpc) is 2.64. The van der Waals surface area contributed by atoms with Crippen LogP contribution in [0.2, 0.25) is 0 Å². The van der Waals surface area contributed by atoms with Crippen LogP contribution in [0.1, 0.15) is 15.9 Å². The number of hydrogen-bond donors (Lipinski definition) is 2. The Morgan fingerprint density at radius 1 is 1.04 bits per heavy atom. The lowest BCUT2D eigenvalue weighted by Crippen LogP contribution is -2.13. The third kappa shape index (κ3) is 3.95. The average molecular weight is 333 g/mol. The predicted molar refractivity (Wildman–Crippen MR) is 90.8 cm³/mol. The first kappa shape index (κ1) is 16.1. The fraction of sp³-hybridized carbons (Fsp3) is 0. The van der Waals surface area contributed by atoms with E-state index in [4.69, 9.17) is 5.26 Å². The van der Waals surface area contributed by atoms with Gasteiger partial charge in [-0.1, -0.05) is 12.1 Å². The van der Waals surface area contributed by atoms with E-state index in [-0.39, 0.29) is 17.3 Å². The number of halogens is 1. The Bertz CT molecular complexity index is 933. The van der Waals surface area contributed by atoms with Gasteiger partial charge in [-0.3, -0.25) is 4.79 Å². The van der Waals surface area contributed by atoms with Gasteiger partial charge in [0.15, 0.2) is 0 Å². The molecule has 1 amide bonds. The van der Waals surface area contributed by atoms with Gasteiger partial charge in [-0.25, -0.2) is 14.4 Å². The molecule has 0 fully saturated rings. The Kier molecular flexibility index (Phi) is 4.62. The normalized spacial score (nSPS) is 9.92. The maximum Gasteiger partial charge on any atom is 0.258 e. The van der Waals surface area contributed by atoms with E-state index in [1.165, 1.54) is 36.7 Å². The molecule has 2 aromatic carbocycles. The smallest absolute Gasteiger partial charge is 0.258 e. The van der Waals surface area contributed by atoms with Gasteiger partial charge in [0, 0.05) is 18.1 Å². The maximum absolute atomic E-state index is 12.9. The van der Waals surface area contributed by atoms with Gasteiger partial charge in [0.25, 0.3) is 5.91 Å². The highest BCUT2D eigenvalue weighted by atomic mass is 19.1. The molecular weight excluding hydrogens is 321 g/mol. The van der Waals surface area contributed by atoms with Crippen molar-refractivity contribution in [2.75, 3.05) is 10.6 Å². The number of benzene rings is 2. The van der Waals surface area contributed by atoms with E-state index >= 15 is 0 Å². The summed E-state index contributed by atoms with van der Waals surface area (Å²) in [4.78, 5) is 20.3. The summed E-state index contributed by atoms with van der Waals surface area (Å²) in [6.07, 6.45) is 2.73. The highest BCUT2D eigenvalue weighted by Crippen LogP contribution is 2.17. The maximum atomic E-state index is 12.9. The zero-order valence-electron chi connectivity index (χ0n) is 12.9. The van der Waals surface area contributed by atoms with Crippen LogP contribution < -0.4 is 10.6 Å². The van der Waals surface area contributed by atoms with Gasteiger partial charge in [0.1, 0.15) is 11.9 Å². The molecule has 3 aromatic rings. The molecule has 7 heteroatoms. The van der Waals surface area contributed by atoms with E-state index in [1.54, 1.807) is 24.3 Å². The first-order valence-electron chi connectivity index (χ1n) is 7.31. The summed E-state index contributed by atoms with van der Waals surface area (Å²) < 4.78 is 12.9. The molecule has 2 N–H and O–H groups in total. The number of rotatable bonds is 4. The Morgan fingerprint density at radius 3 is 2.40 bits per heavy atom. The summed E-state index contributed by atoms with van der Waals surface area (Å²) in [6.45, 7) is 0. The van der Waals surface area contributed by atoms with E-state index in [2.05, 4.69) is 26.7 Å². The molecule has 0 saturated carbocycles. The van der Waals surface area contributed by atoms with Crippen molar-refractivity contribution in [2.45, 2.75) is 0 Å². The van der Waals surface area contributed by atoms with Gasteiger partial charge >= 0.3 is 0 Å². The van der Waals surface area contributed by atoms with E-state index in [0.29, 0.717) is 16.9 Å². The number of nitrogens with zero attached hydrogens (tertiary/aromatic N) is 3. The van der Waals surface area contributed by atoms with Crippen molar-refractivity contribution >= 4 is 23.2 Å². The first-order valence-corrected chi connectivity index (χ1v) is 7.31. The number of anilines is 3. The molecule has 0 aliphatic carbocycles. The third-order valence-corrected chi connectivity index (χ3v) is 3.31. The Morgan fingerprint density at radius 2 is 1.72 bits per heavy atom. The number of nitriles is 1. The summed E-state index contributed by atoms with van der Waals surface area (Å²) in [5, 5.41) is 14.6. The number of nitrogens with one attached hydrogen (secondary N) is 2. The van der Waals surface area contributed by atoms with Crippen LogP contribution in [-0.4, -0.2) is 15.9 Å². The predicted octanol–water partition coefficient (Wildman–Crippen LogP) is 3.48. The Labute approximate surface area is 143 Å². The van der Waals surface area contributed by atoms with E-state index < -0.39 is 5.91 Å². The molecule has 0 saturated heterocycles. The molecule has 0 atom stereocenters. The summed E-state index contributed by atoms with van der Waals surface area (Å²) in [5.41, 5.74) is 1.76. The van der Waals surface area contributed by atoms with Gasteiger partial charge in [-0.05, 0) is 36.4 Å². The number of hydrogen-bond acceptors (Lipinski definition) is 5. The van der Waals surface area contributed by atoms with Crippen molar-refractivity contribution in [3.63, 3.8) is 0 Å². The lowest BCUT2D eigenvalue weighted by atomic mass is 10.2. The highest BCUT2D eigenvalue weighted by molar-refractivity contribution is 6.03. The van der Waals surface area contributed by atoms with Gasteiger partial charge in [0.2, 0.25) is 5.95 Å². The quantitative estimate of drug-likeness (QED) is 0.763. The van der Waals surface area contributed by atoms with Gasteiger partial charge in [-0.2, -0.15) is 5.26 Å².